The highest BCUT2D eigenvalue weighted by atomic mass is 35.5. The molecule has 0 heterocycles. The Morgan fingerprint density at radius 1 is 1.47 bits per heavy atom. The smallest absolute Gasteiger partial charge is 0.244 e. The van der Waals surface area contributed by atoms with Crippen molar-refractivity contribution >= 4 is 33.2 Å². The molecular formula is C11H16ClN3O3S. The summed E-state index contributed by atoms with van der Waals surface area (Å²) in [6.07, 6.45) is 0.422. The van der Waals surface area contributed by atoms with Crippen LogP contribution in [0.5, 0.6) is 0 Å². The summed E-state index contributed by atoms with van der Waals surface area (Å²) >= 11 is 5.89. The fourth-order valence-corrected chi connectivity index (χ4v) is 1.91. The van der Waals surface area contributed by atoms with Crippen LogP contribution in [0.25, 0.3) is 0 Å². The van der Waals surface area contributed by atoms with Crippen molar-refractivity contribution in [1.29, 1.82) is 0 Å². The fraction of sp³-hybridized carbons (Fsp3) is 0.364. The molecule has 0 aliphatic carbocycles. The molecule has 0 aliphatic rings. The third-order valence-corrected chi connectivity index (χ3v) is 4.01. The van der Waals surface area contributed by atoms with Gasteiger partial charge in [-0.25, -0.2) is 13.6 Å². The highest BCUT2D eigenvalue weighted by molar-refractivity contribution is 7.89. The van der Waals surface area contributed by atoms with Gasteiger partial charge in [-0.1, -0.05) is 18.5 Å². The van der Waals surface area contributed by atoms with Gasteiger partial charge in [-0.05, 0) is 31.5 Å². The summed E-state index contributed by atoms with van der Waals surface area (Å²) in [6.45, 7) is 3.34. The molecule has 0 aromatic heterocycles. The van der Waals surface area contributed by atoms with Crippen LogP contribution in [0.4, 0.5) is 5.69 Å². The zero-order valence-corrected chi connectivity index (χ0v) is 12.2. The quantitative estimate of drug-likeness (QED) is 0.771. The largest absolute Gasteiger partial charge is 0.323 e. The van der Waals surface area contributed by atoms with Crippen molar-refractivity contribution in [2.24, 2.45) is 10.9 Å². The number of rotatable bonds is 4. The molecule has 19 heavy (non-hydrogen) atoms. The minimum atomic E-state index is -3.86. The molecule has 106 valence electrons. The molecule has 0 bridgehead atoms. The highest BCUT2D eigenvalue weighted by Crippen LogP contribution is 2.25. The lowest BCUT2D eigenvalue weighted by molar-refractivity contribution is -0.120. The Bertz CT molecular complexity index is 599. The number of sulfonamides is 1. The van der Waals surface area contributed by atoms with Gasteiger partial charge in [0.25, 0.3) is 0 Å². The topological polar surface area (TPSA) is 115 Å². The van der Waals surface area contributed by atoms with Gasteiger partial charge in [-0.3, -0.25) is 4.79 Å². The Kier molecular flexibility index (Phi) is 4.57. The molecule has 0 radical (unpaired) electrons. The fourth-order valence-electron chi connectivity index (χ4n) is 1.20. The van der Waals surface area contributed by atoms with Gasteiger partial charge in [0.05, 0.1) is 21.1 Å². The monoisotopic (exact) mass is 305 g/mol. The van der Waals surface area contributed by atoms with E-state index >= 15 is 0 Å². The van der Waals surface area contributed by atoms with Crippen LogP contribution in [0, 0.1) is 0 Å². The maximum absolute atomic E-state index is 11.9. The summed E-state index contributed by atoms with van der Waals surface area (Å²) in [6, 6.07) is 3.80. The normalized spacial score (nSPS) is 14.8. The lowest BCUT2D eigenvalue weighted by Gasteiger charge is -2.22. The molecule has 6 nitrogen and oxygen atoms in total. The number of carbonyl (C=O) groups is 1. The Morgan fingerprint density at radius 3 is 2.53 bits per heavy atom. The van der Waals surface area contributed by atoms with Crippen LogP contribution in [0.3, 0.4) is 0 Å². The molecule has 5 N–H and O–H groups in total. The number of nitrogens with one attached hydrogen (secondary N) is 1. The van der Waals surface area contributed by atoms with Crippen molar-refractivity contribution in [3.8, 4) is 0 Å². The Hall–Kier alpha value is -1.15. The van der Waals surface area contributed by atoms with Crippen LogP contribution in [0.2, 0.25) is 5.02 Å². The molecular weight excluding hydrogens is 290 g/mol. The molecule has 1 aromatic carbocycles. The first-order valence-corrected chi connectivity index (χ1v) is 7.43. The number of halogens is 1. The predicted octanol–water partition coefficient (Wildman–Crippen LogP) is 1.05. The second-order valence-corrected chi connectivity index (χ2v) is 6.38. The first-order valence-electron chi connectivity index (χ1n) is 5.50. The molecule has 0 fully saturated rings. The van der Waals surface area contributed by atoms with Gasteiger partial charge < -0.3 is 11.1 Å². The number of benzene rings is 1. The van der Waals surface area contributed by atoms with Crippen LogP contribution in [0.15, 0.2) is 23.1 Å². The summed E-state index contributed by atoms with van der Waals surface area (Å²) in [7, 11) is -3.86. The number of amides is 1. The van der Waals surface area contributed by atoms with Crippen LogP contribution < -0.4 is 16.2 Å². The third kappa shape index (κ3) is 3.90. The number of hydrogen-bond acceptors (Lipinski definition) is 4. The molecule has 1 amide bonds. The zero-order chi connectivity index (χ0) is 14.8. The van der Waals surface area contributed by atoms with Crippen LogP contribution >= 0.6 is 11.6 Å². The average molecular weight is 306 g/mol. The molecule has 1 unspecified atom stereocenters. The van der Waals surface area contributed by atoms with Crippen molar-refractivity contribution in [3.63, 3.8) is 0 Å². The minimum Gasteiger partial charge on any atom is -0.323 e. The van der Waals surface area contributed by atoms with E-state index in [2.05, 4.69) is 5.32 Å². The highest BCUT2D eigenvalue weighted by Gasteiger charge is 2.26. The standard InChI is InChI=1S/C11H16ClN3O3S/c1-3-11(2,13)10(16)15-9-6-7(19(14,17)18)4-5-8(9)12/h4-6H,3,13H2,1-2H3,(H,15,16)(H2,14,17,18). The SMILES string of the molecule is CCC(C)(N)C(=O)Nc1cc(S(N)(=O)=O)ccc1Cl. The van der Waals surface area contributed by atoms with Gasteiger partial charge in [0.1, 0.15) is 0 Å². The van der Waals surface area contributed by atoms with Crippen LogP contribution in [0.1, 0.15) is 20.3 Å². The summed E-state index contributed by atoms with van der Waals surface area (Å²) in [4.78, 5) is 11.8. The summed E-state index contributed by atoms with van der Waals surface area (Å²) in [5.74, 6) is -0.455. The number of primary sulfonamides is 1. The number of nitrogens with two attached hydrogens (primary N) is 2. The van der Waals surface area contributed by atoms with E-state index in [1.807, 2.05) is 0 Å². The van der Waals surface area contributed by atoms with Gasteiger partial charge in [0.15, 0.2) is 0 Å². The minimum absolute atomic E-state index is 0.137. The van der Waals surface area contributed by atoms with E-state index in [9.17, 15) is 13.2 Å². The van der Waals surface area contributed by atoms with Crippen molar-refractivity contribution in [2.45, 2.75) is 30.7 Å². The van der Waals surface area contributed by atoms with E-state index in [1.54, 1.807) is 13.8 Å². The summed E-state index contributed by atoms with van der Waals surface area (Å²) in [5, 5.41) is 7.71. The van der Waals surface area contributed by atoms with Crippen molar-refractivity contribution < 1.29 is 13.2 Å². The van der Waals surface area contributed by atoms with E-state index in [1.165, 1.54) is 18.2 Å². The van der Waals surface area contributed by atoms with E-state index in [4.69, 9.17) is 22.5 Å². The molecule has 0 saturated heterocycles. The second-order valence-electron chi connectivity index (χ2n) is 4.41. The molecule has 8 heteroatoms. The zero-order valence-electron chi connectivity index (χ0n) is 10.6. The van der Waals surface area contributed by atoms with Gasteiger partial charge in [0.2, 0.25) is 15.9 Å². The molecule has 0 spiro atoms. The number of hydrogen-bond donors (Lipinski definition) is 3. The number of carbonyl (C=O) groups excluding carboxylic acids is 1. The Morgan fingerprint density at radius 2 is 2.05 bits per heavy atom. The molecule has 1 aromatic rings. The molecule has 1 rings (SSSR count). The molecule has 0 aliphatic heterocycles. The van der Waals surface area contributed by atoms with Crippen molar-refractivity contribution in [3.05, 3.63) is 23.2 Å². The van der Waals surface area contributed by atoms with Crippen LogP contribution in [-0.4, -0.2) is 19.9 Å². The Labute approximate surface area is 117 Å². The Balaban J connectivity index is 3.12. The van der Waals surface area contributed by atoms with Crippen LogP contribution in [-0.2, 0) is 14.8 Å². The van der Waals surface area contributed by atoms with Gasteiger partial charge in [-0.2, -0.15) is 0 Å². The van der Waals surface area contributed by atoms with Crippen molar-refractivity contribution in [1.82, 2.24) is 0 Å². The third-order valence-electron chi connectivity index (χ3n) is 2.77. The average Bonchev–Trinajstić information content (AvgIpc) is 2.30. The lowest BCUT2D eigenvalue weighted by atomic mass is 9.99. The molecule has 0 saturated carbocycles. The second kappa shape index (κ2) is 5.46. The molecule has 1 atom stereocenters. The first-order chi connectivity index (χ1) is 8.58. The van der Waals surface area contributed by atoms with E-state index < -0.39 is 21.5 Å². The van der Waals surface area contributed by atoms with E-state index in [0.29, 0.717) is 6.42 Å². The summed E-state index contributed by atoms with van der Waals surface area (Å²) in [5.41, 5.74) is 4.87. The first kappa shape index (κ1) is 15.9. The number of anilines is 1. The van der Waals surface area contributed by atoms with E-state index in [-0.39, 0.29) is 15.6 Å². The summed E-state index contributed by atoms with van der Waals surface area (Å²) < 4.78 is 22.5. The van der Waals surface area contributed by atoms with Gasteiger partial charge in [-0.15, -0.1) is 0 Å². The predicted molar refractivity (Wildman–Crippen MR) is 74.3 cm³/mol. The maximum Gasteiger partial charge on any atom is 0.244 e. The van der Waals surface area contributed by atoms with Gasteiger partial charge >= 0.3 is 0 Å². The van der Waals surface area contributed by atoms with Gasteiger partial charge in [0, 0.05) is 0 Å². The van der Waals surface area contributed by atoms with Crippen molar-refractivity contribution in [2.75, 3.05) is 5.32 Å². The van der Waals surface area contributed by atoms with E-state index in [0.717, 1.165) is 0 Å². The lowest BCUT2D eigenvalue weighted by Crippen LogP contribution is -2.47. The maximum atomic E-state index is 11.9.